The van der Waals surface area contributed by atoms with Gasteiger partial charge in [0.1, 0.15) is 17.4 Å². The van der Waals surface area contributed by atoms with Gasteiger partial charge in [-0.2, -0.15) is 5.26 Å². The number of ether oxygens (including phenoxy) is 1. The molecule has 2 aromatic rings. The van der Waals surface area contributed by atoms with Gasteiger partial charge in [0.2, 0.25) is 0 Å². The second kappa shape index (κ2) is 9.88. The third kappa shape index (κ3) is 5.25. The molecular weight excluding hydrogens is 340 g/mol. The van der Waals surface area contributed by atoms with Crippen molar-refractivity contribution in [3.8, 4) is 11.8 Å². The van der Waals surface area contributed by atoms with E-state index in [1.807, 2.05) is 30.3 Å². The number of carbonyl (C=O) groups is 1. The lowest BCUT2D eigenvalue weighted by molar-refractivity contribution is -0.112. The number of para-hydroxylation sites is 2. The summed E-state index contributed by atoms with van der Waals surface area (Å²) in [7, 11) is 1.52. The molecule has 1 amide bonds. The van der Waals surface area contributed by atoms with E-state index in [0.29, 0.717) is 11.4 Å². The Balaban J connectivity index is 2.07. The Morgan fingerprint density at radius 3 is 2.41 bits per heavy atom. The molecule has 0 unspecified atom stereocenters. The maximum atomic E-state index is 12.4. The third-order valence-electron chi connectivity index (χ3n) is 4.10. The van der Waals surface area contributed by atoms with Crippen LogP contribution in [0.3, 0.4) is 0 Å². The second-order valence-corrected chi connectivity index (χ2v) is 5.69. The van der Waals surface area contributed by atoms with E-state index in [1.54, 1.807) is 24.3 Å². The lowest BCUT2D eigenvalue weighted by Crippen LogP contribution is -2.21. The number of methoxy groups -OCH3 is 1. The molecule has 0 radical (unpaired) electrons. The lowest BCUT2D eigenvalue weighted by atomic mass is 10.2. The first-order valence-electron chi connectivity index (χ1n) is 8.79. The zero-order valence-corrected chi connectivity index (χ0v) is 15.8. The number of rotatable bonds is 8. The van der Waals surface area contributed by atoms with Crippen LogP contribution < -0.4 is 20.3 Å². The van der Waals surface area contributed by atoms with Crippen LogP contribution in [0.2, 0.25) is 0 Å². The summed E-state index contributed by atoms with van der Waals surface area (Å²) in [5.41, 5.74) is 2.40. The molecule has 0 saturated heterocycles. The second-order valence-electron chi connectivity index (χ2n) is 5.69. The Morgan fingerprint density at radius 1 is 1.15 bits per heavy atom. The first-order valence-corrected chi connectivity index (χ1v) is 8.79. The van der Waals surface area contributed by atoms with Gasteiger partial charge in [-0.15, -0.1) is 0 Å². The molecular formula is C21H24N4O2. The third-order valence-corrected chi connectivity index (χ3v) is 4.10. The number of nitrogens with one attached hydrogen (secondary N) is 2. The van der Waals surface area contributed by atoms with Gasteiger partial charge in [-0.1, -0.05) is 12.1 Å². The van der Waals surface area contributed by atoms with Gasteiger partial charge in [0.05, 0.1) is 12.8 Å². The van der Waals surface area contributed by atoms with Crippen molar-refractivity contribution in [2.24, 2.45) is 0 Å². The van der Waals surface area contributed by atoms with E-state index in [2.05, 4.69) is 29.4 Å². The van der Waals surface area contributed by atoms with Gasteiger partial charge in [0, 0.05) is 30.7 Å². The lowest BCUT2D eigenvalue weighted by Gasteiger charge is -2.21. The highest BCUT2D eigenvalue weighted by atomic mass is 16.5. The van der Waals surface area contributed by atoms with E-state index in [4.69, 9.17) is 4.74 Å². The molecule has 0 aliphatic carbocycles. The van der Waals surface area contributed by atoms with Crippen LogP contribution in [0.1, 0.15) is 13.8 Å². The topological polar surface area (TPSA) is 77.4 Å². The Kier molecular flexibility index (Phi) is 7.26. The first-order chi connectivity index (χ1) is 13.1. The highest BCUT2D eigenvalue weighted by Crippen LogP contribution is 2.23. The molecule has 0 fully saturated rings. The van der Waals surface area contributed by atoms with Crippen molar-refractivity contribution in [1.29, 1.82) is 5.26 Å². The van der Waals surface area contributed by atoms with Gasteiger partial charge in [-0.3, -0.25) is 4.79 Å². The highest BCUT2D eigenvalue weighted by molar-refractivity contribution is 6.07. The fourth-order valence-electron chi connectivity index (χ4n) is 2.60. The Hall–Kier alpha value is -3.46. The fraction of sp³-hybridized carbons (Fsp3) is 0.238. The van der Waals surface area contributed by atoms with Crippen LogP contribution in [-0.2, 0) is 4.79 Å². The molecule has 6 heteroatoms. The predicted molar refractivity (Wildman–Crippen MR) is 109 cm³/mol. The van der Waals surface area contributed by atoms with Crippen molar-refractivity contribution in [1.82, 2.24) is 0 Å². The van der Waals surface area contributed by atoms with Gasteiger partial charge in [0.25, 0.3) is 5.91 Å². The summed E-state index contributed by atoms with van der Waals surface area (Å²) in [6, 6.07) is 16.8. The zero-order chi connectivity index (χ0) is 19.6. The molecule has 27 heavy (non-hydrogen) atoms. The van der Waals surface area contributed by atoms with Crippen molar-refractivity contribution in [3.05, 3.63) is 60.3 Å². The minimum absolute atomic E-state index is 0.0336. The summed E-state index contributed by atoms with van der Waals surface area (Å²) in [6.07, 6.45) is 1.40. The summed E-state index contributed by atoms with van der Waals surface area (Å²) in [5.74, 6) is 0.0253. The molecule has 0 saturated carbocycles. The smallest absolute Gasteiger partial charge is 0.267 e. The average Bonchev–Trinajstić information content (AvgIpc) is 2.71. The molecule has 0 heterocycles. The fourth-order valence-corrected chi connectivity index (χ4v) is 2.60. The molecule has 2 aromatic carbocycles. The molecule has 0 bridgehead atoms. The molecule has 0 spiro atoms. The first kappa shape index (κ1) is 19.9. The van der Waals surface area contributed by atoms with Crippen LogP contribution in [-0.4, -0.2) is 26.1 Å². The monoisotopic (exact) mass is 364 g/mol. The van der Waals surface area contributed by atoms with Crippen molar-refractivity contribution in [2.75, 3.05) is 35.7 Å². The standard InChI is InChI=1S/C21H24N4O2/c1-4-25(5-2)18-12-10-17(11-13-18)23-15-16(14-22)21(26)24-19-8-6-7-9-20(19)27-3/h6-13,15,23H,4-5H2,1-3H3,(H,24,26)/b16-15-. The van der Waals surface area contributed by atoms with Gasteiger partial charge in [0.15, 0.2) is 0 Å². The van der Waals surface area contributed by atoms with E-state index in [-0.39, 0.29) is 5.57 Å². The van der Waals surface area contributed by atoms with Gasteiger partial charge >= 0.3 is 0 Å². The Labute approximate surface area is 160 Å². The molecule has 0 aliphatic heterocycles. The Bertz CT molecular complexity index is 834. The number of nitriles is 1. The highest BCUT2D eigenvalue weighted by Gasteiger charge is 2.12. The van der Waals surface area contributed by atoms with Crippen LogP contribution in [0.25, 0.3) is 0 Å². The largest absolute Gasteiger partial charge is 0.495 e. The average molecular weight is 364 g/mol. The minimum atomic E-state index is -0.505. The molecule has 0 atom stereocenters. The van der Waals surface area contributed by atoms with Gasteiger partial charge < -0.3 is 20.3 Å². The molecule has 0 aromatic heterocycles. The van der Waals surface area contributed by atoms with Crippen LogP contribution in [0, 0.1) is 11.3 Å². The number of amides is 1. The number of anilines is 3. The number of hydrogen-bond donors (Lipinski definition) is 2. The number of carbonyl (C=O) groups excluding carboxylic acids is 1. The van der Waals surface area contributed by atoms with Crippen molar-refractivity contribution < 1.29 is 9.53 Å². The summed E-state index contributed by atoms with van der Waals surface area (Å²) < 4.78 is 5.20. The maximum absolute atomic E-state index is 12.4. The minimum Gasteiger partial charge on any atom is -0.495 e. The number of benzene rings is 2. The van der Waals surface area contributed by atoms with Gasteiger partial charge in [-0.05, 0) is 50.2 Å². The van der Waals surface area contributed by atoms with E-state index in [9.17, 15) is 10.1 Å². The summed E-state index contributed by atoms with van der Waals surface area (Å²) >= 11 is 0. The normalized spacial score (nSPS) is 10.7. The van der Waals surface area contributed by atoms with Crippen LogP contribution >= 0.6 is 0 Å². The Morgan fingerprint density at radius 2 is 1.81 bits per heavy atom. The molecule has 2 N–H and O–H groups in total. The summed E-state index contributed by atoms with van der Waals surface area (Å²) in [5, 5.41) is 15.0. The van der Waals surface area contributed by atoms with E-state index >= 15 is 0 Å². The van der Waals surface area contributed by atoms with Crippen molar-refractivity contribution >= 4 is 23.0 Å². The summed E-state index contributed by atoms with van der Waals surface area (Å²) in [6.45, 7) is 6.09. The molecule has 0 aliphatic rings. The molecule has 140 valence electrons. The zero-order valence-electron chi connectivity index (χ0n) is 15.8. The van der Waals surface area contributed by atoms with E-state index < -0.39 is 5.91 Å². The quantitative estimate of drug-likeness (QED) is 0.547. The maximum Gasteiger partial charge on any atom is 0.267 e. The molecule has 2 rings (SSSR count). The number of hydrogen-bond acceptors (Lipinski definition) is 5. The number of nitrogens with zero attached hydrogens (tertiary/aromatic N) is 2. The van der Waals surface area contributed by atoms with Crippen molar-refractivity contribution in [2.45, 2.75) is 13.8 Å². The van der Waals surface area contributed by atoms with Crippen LogP contribution in [0.4, 0.5) is 17.1 Å². The SMILES string of the molecule is CCN(CC)c1ccc(N/C=C(/C#N)C(=O)Nc2ccccc2OC)cc1. The van der Waals surface area contributed by atoms with Gasteiger partial charge in [-0.25, -0.2) is 0 Å². The van der Waals surface area contributed by atoms with Crippen molar-refractivity contribution in [3.63, 3.8) is 0 Å². The van der Waals surface area contributed by atoms with E-state index in [1.165, 1.54) is 13.3 Å². The van der Waals surface area contributed by atoms with Crippen LogP contribution in [0.15, 0.2) is 60.3 Å². The molecule has 6 nitrogen and oxygen atoms in total. The predicted octanol–water partition coefficient (Wildman–Crippen LogP) is 4.00. The summed E-state index contributed by atoms with van der Waals surface area (Å²) in [4.78, 5) is 14.6. The van der Waals surface area contributed by atoms with Crippen LogP contribution in [0.5, 0.6) is 5.75 Å². The van der Waals surface area contributed by atoms with E-state index in [0.717, 1.165) is 24.5 Å².